The second-order valence-electron chi connectivity index (χ2n) is 3.72. The van der Waals surface area contributed by atoms with E-state index in [4.69, 9.17) is 4.74 Å². The lowest BCUT2D eigenvalue weighted by Crippen LogP contribution is -2.19. The average molecular weight is 166 g/mol. The van der Waals surface area contributed by atoms with Crippen molar-refractivity contribution in [3.05, 3.63) is 23.5 Å². The summed E-state index contributed by atoms with van der Waals surface area (Å²) in [6, 6.07) is 0. The number of allylic oxidation sites excluding steroid dienone is 4. The van der Waals surface area contributed by atoms with Crippen molar-refractivity contribution >= 4 is 6.47 Å². The summed E-state index contributed by atoms with van der Waals surface area (Å²) in [4.78, 5) is 10.2. The summed E-state index contributed by atoms with van der Waals surface area (Å²) in [6.45, 7) is 6.59. The zero-order valence-electron chi connectivity index (χ0n) is 7.76. The molecular formula is C10H14O2. The first-order chi connectivity index (χ1) is 5.58. The third kappa shape index (κ3) is 1.58. The van der Waals surface area contributed by atoms with Gasteiger partial charge in [0.15, 0.2) is 0 Å². The monoisotopic (exact) mass is 166 g/mol. The molecule has 0 N–H and O–H groups in total. The predicted octanol–water partition coefficient (Wildman–Crippen LogP) is 2.42. The van der Waals surface area contributed by atoms with E-state index in [-0.39, 0.29) is 5.41 Å². The average Bonchev–Trinajstić information content (AvgIpc) is 1.97. The molecule has 0 atom stereocenters. The summed E-state index contributed by atoms with van der Waals surface area (Å²) in [7, 11) is 0. The molecule has 1 rings (SSSR count). The van der Waals surface area contributed by atoms with Crippen LogP contribution in [-0.4, -0.2) is 6.47 Å². The first-order valence-electron chi connectivity index (χ1n) is 4.06. The van der Waals surface area contributed by atoms with Crippen LogP contribution in [0.5, 0.6) is 0 Å². The van der Waals surface area contributed by atoms with Crippen LogP contribution in [0.15, 0.2) is 23.5 Å². The molecule has 1 aliphatic rings. The summed E-state index contributed by atoms with van der Waals surface area (Å²) in [5, 5.41) is 0. The van der Waals surface area contributed by atoms with Crippen LogP contribution in [0, 0.1) is 5.41 Å². The van der Waals surface area contributed by atoms with E-state index < -0.39 is 0 Å². The zero-order chi connectivity index (χ0) is 9.19. The predicted molar refractivity (Wildman–Crippen MR) is 47.4 cm³/mol. The van der Waals surface area contributed by atoms with Gasteiger partial charge in [0.05, 0.1) is 0 Å². The molecule has 0 bridgehead atoms. The SMILES string of the molecule is CC1=C(OC=O)C(C)(C)CC=C1. The molecule has 1 aliphatic carbocycles. The van der Waals surface area contributed by atoms with Crippen LogP contribution in [0.3, 0.4) is 0 Å². The molecule has 0 aromatic heterocycles. The maximum atomic E-state index is 10.2. The van der Waals surface area contributed by atoms with E-state index in [1.807, 2.05) is 13.0 Å². The number of ether oxygens (including phenoxy) is 1. The third-order valence-corrected chi connectivity index (χ3v) is 2.13. The minimum absolute atomic E-state index is 0.0419. The van der Waals surface area contributed by atoms with Crippen LogP contribution in [0.25, 0.3) is 0 Å². The van der Waals surface area contributed by atoms with Crippen LogP contribution >= 0.6 is 0 Å². The lowest BCUT2D eigenvalue weighted by atomic mass is 9.81. The molecule has 0 spiro atoms. The molecule has 2 nitrogen and oxygen atoms in total. The fraction of sp³-hybridized carbons (Fsp3) is 0.500. The highest BCUT2D eigenvalue weighted by Crippen LogP contribution is 2.36. The Labute approximate surface area is 72.9 Å². The highest BCUT2D eigenvalue weighted by molar-refractivity contribution is 5.43. The van der Waals surface area contributed by atoms with Crippen LogP contribution in [-0.2, 0) is 9.53 Å². The first-order valence-corrected chi connectivity index (χ1v) is 4.06. The van der Waals surface area contributed by atoms with Gasteiger partial charge in [0.2, 0.25) is 0 Å². The molecular weight excluding hydrogens is 152 g/mol. The van der Waals surface area contributed by atoms with Gasteiger partial charge in [-0.2, -0.15) is 0 Å². The molecule has 0 heterocycles. The van der Waals surface area contributed by atoms with E-state index in [9.17, 15) is 4.79 Å². The first kappa shape index (κ1) is 9.04. The summed E-state index contributed by atoms with van der Waals surface area (Å²) in [6.07, 6.45) is 5.02. The molecule has 0 fully saturated rings. The van der Waals surface area contributed by atoms with E-state index in [1.165, 1.54) is 0 Å². The van der Waals surface area contributed by atoms with Gasteiger partial charge in [0.1, 0.15) is 5.76 Å². The lowest BCUT2D eigenvalue weighted by molar-refractivity contribution is -0.126. The van der Waals surface area contributed by atoms with Gasteiger partial charge in [-0.15, -0.1) is 0 Å². The molecule has 0 aromatic carbocycles. The van der Waals surface area contributed by atoms with E-state index in [2.05, 4.69) is 19.9 Å². The molecule has 0 saturated heterocycles. The molecule has 0 aliphatic heterocycles. The van der Waals surface area contributed by atoms with Gasteiger partial charge in [-0.3, -0.25) is 4.79 Å². The van der Waals surface area contributed by atoms with Gasteiger partial charge < -0.3 is 4.74 Å². The maximum absolute atomic E-state index is 10.2. The van der Waals surface area contributed by atoms with Gasteiger partial charge in [-0.05, 0) is 18.9 Å². The van der Waals surface area contributed by atoms with Crippen molar-refractivity contribution < 1.29 is 9.53 Å². The van der Waals surface area contributed by atoms with Crippen LogP contribution in [0.1, 0.15) is 27.2 Å². The number of rotatable bonds is 2. The van der Waals surface area contributed by atoms with E-state index in [1.54, 1.807) is 0 Å². The second kappa shape index (κ2) is 3.13. The summed E-state index contributed by atoms with van der Waals surface area (Å²) >= 11 is 0. The van der Waals surface area contributed by atoms with Crippen LogP contribution < -0.4 is 0 Å². The Morgan fingerprint density at radius 1 is 1.58 bits per heavy atom. The summed E-state index contributed by atoms with van der Waals surface area (Å²) < 4.78 is 4.96. The number of carbonyl (C=O) groups excluding carboxylic acids is 1. The highest BCUT2D eigenvalue weighted by atomic mass is 16.5. The van der Waals surface area contributed by atoms with Gasteiger partial charge in [0, 0.05) is 5.41 Å². The van der Waals surface area contributed by atoms with Crippen molar-refractivity contribution in [2.24, 2.45) is 5.41 Å². The topological polar surface area (TPSA) is 26.3 Å². The van der Waals surface area contributed by atoms with Crippen molar-refractivity contribution in [2.75, 3.05) is 0 Å². The molecule has 12 heavy (non-hydrogen) atoms. The largest absolute Gasteiger partial charge is 0.432 e. The fourth-order valence-electron chi connectivity index (χ4n) is 1.53. The third-order valence-electron chi connectivity index (χ3n) is 2.13. The van der Waals surface area contributed by atoms with Crippen molar-refractivity contribution in [1.82, 2.24) is 0 Å². The van der Waals surface area contributed by atoms with Crippen LogP contribution in [0.4, 0.5) is 0 Å². The lowest BCUT2D eigenvalue weighted by Gasteiger charge is -2.28. The molecule has 0 unspecified atom stereocenters. The summed E-state index contributed by atoms with van der Waals surface area (Å²) in [5.41, 5.74) is 0.998. The van der Waals surface area contributed by atoms with Crippen LogP contribution in [0.2, 0.25) is 0 Å². The number of hydrogen-bond acceptors (Lipinski definition) is 2. The summed E-state index contributed by atoms with van der Waals surface area (Å²) in [5.74, 6) is 0.792. The smallest absolute Gasteiger partial charge is 0.298 e. The molecule has 66 valence electrons. The Hall–Kier alpha value is -1.05. The van der Waals surface area contributed by atoms with Crippen molar-refractivity contribution in [2.45, 2.75) is 27.2 Å². The zero-order valence-corrected chi connectivity index (χ0v) is 7.76. The van der Waals surface area contributed by atoms with Gasteiger partial charge in [-0.1, -0.05) is 26.0 Å². The Morgan fingerprint density at radius 3 is 2.75 bits per heavy atom. The quantitative estimate of drug-likeness (QED) is 0.589. The number of hydrogen-bond donors (Lipinski definition) is 0. The Kier molecular flexibility index (Phi) is 2.36. The van der Waals surface area contributed by atoms with Crippen molar-refractivity contribution in [1.29, 1.82) is 0 Å². The standard InChI is InChI=1S/C10H14O2/c1-8-5-4-6-10(2,3)9(8)12-7-11/h4-5,7H,6H2,1-3H3. The number of carbonyl (C=O) groups is 1. The van der Waals surface area contributed by atoms with Gasteiger partial charge >= 0.3 is 0 Å². The van der Waals surface area contributed by atoms with Gasteiger partial charge in [-0.25, -0.2) is 0 Å². The highest BCUT2D eigenvalue weighted by Gasteiger charge is 2.27. The van der Waals surface area contributed by atoms with Crippen molar-refractivity contribution in [3.8, 4) is 0 Å². The Morgan fingerprint density at radius 2 is 2.25 bits per heavy atom. The molecule has 0 saturated carbocycles. The molecule has 2 heteroatoms. The Bertz CT molecular complexity index is 247. The minimum Gasteiger partial charge on any atom is -0.432 e. The molecule has 0 radical (unpaired) electrons. The molecule has 0 amide bonds. The second-order valence-corrected chi connectivity index (χ2v) is 3.72. The van der Waals surface area contributed by atoms with E-state index in [0.717, 1.165) is 17.8 Å². The minimum atomic E-state index is -0.0419. The van der Waals surface area contributed by atoms with Gasteiger partial charge in [0.25, 0.3) is 6.47 Å². The van der Waals surface area contributed by atoms with E-state index in [0.29, 0.717) is 6.47 Å². The van der Waals surface area contributed by atoms with E-state index >= 15 is 0 Å². The fourth-order valence-corrected chi connectivity index (χ4v) is 1.53. The van der Waals surface area contributed by atoms with Crippen molar-refractivity contribution in [3.63, 3.8) is 0 Å². The normalized spacial score (nSPS) is 20.9. The Balaban J connectivity index is 2.98. The molecule has 0 aromatic rings. The maximum Gasteiger partial charge on any atom is 0.298 e.